The van der Waals surface area contributed by atoms with Gasteiger partial charge in [-0.2, -0.15) is 0 Å². The maximum atomic E-state index is 12.7. The molecule has 160 valence electrons. The van der Waals surface area contributed by atoms with Crippen LogP contribution in [-0.2, 0) is 6.54 Å². The summed E-state index contributed by atoms with van der Waals surface area (Å²) in [7, 11) is 2.18. The Hall–Kier alpha value is -3.32. The predicted molar refractivity (Wildman–Crippen MR) is 125 cm³/mol. The summed E-state index contributed by atoms with van der Waals surface area (Å²) in [6.45, 7) is 5.93. The number of aliphatic imine (C=N–C) groups is 1. The highest BCUT2D eigenvalue weighted by Crippen LogP contribution is 2.27. The van der Waals surface area contributed by atoms with Crippen LogP contribution in [0.1, 0.15) is 29.8 Å². The third-order valence-corrected chi connectivity index (χ3v) is 6.34. The van der Waals surface area contributed by atoms with Gasteiger partial charge in [0.2, 0.25) is 0 Å². The van der Waals surface area contributed by atoms with Gasteiger partial charge in [0.05, 0.1) is 6.54 Å². The molecule has 7 heteroatoms. The average Bonchev–Trinajstić information content (AvgIpc) is 3.11. The largest absolute Gasteiger partial charge is 0.369 e. The van der Waals surface area contributed by atoms with Gasteiger partial charge in [-0.3, -0.25) is 14.9 Å². The van der Waals surface area contributed by atoms with Gasteiger partial charge >= 0.3 is 0 Å². The number of hydrogen-bond donors (Lipinski definition) is 2. The molecule has 3 aromatic rings. The average molecular weight is 417 g/mol. The van der Waals surface area contributed by atoms with E-state index in [1.165, 1.54) is 5.69 Å². The number of nitrogens with zero attached hydrogens (tertiary/aromatic N) is 4. The van der Waals surface area contributed by atoms with Crippen LogP contribution in [0.3, 0.4) is 0 Å². The molecule has 2 aromatic carbocycles. The quantitative estimate of drug-likeness (QED) is 0.686. The number of benzene rings is 2. The van der Waals surface area contributed by atoms with Crippen LogP contribution in [0.5, 0.6) is 0 Å². The minimum atomic E-state index is -0.212. The summed E-state index contributed by atoms with van der Waals surface area (Å²) in [5, 5.41) is 6.59. The lowest BCUT2D eigenvalue weighted by atomic mass is 10.1. The van der Waals surface area contributed by atoms with E-state index in [1.54, 1.807) is 10.9 Å². The van der Waals surface area contributed by atoms with Gasteiger partial charge in [-0.1, -0.05) is 42.5 Å². The highest BCUT2D eigenvalue weighted by Gasteiger charge is 2.23. The lowest BCUT2D eigenvalue weighted by Gasteiger charge is -2.39. The molecule has 0 radical (unpaired) electrons. The molecule has 0 spiro atoms. The number of nitrogens with one attached hydrogen (secondary N) is 2. The number of aromatic nitrogens is 2. The van der Waals surface area contributed by atoms with Crippen molar-refractivity contribution in [1.82, 2.24) is 14.7 Å². The van der Waals surface area contributed by atoms with Gasteiger partial charge in [-0.25, -0.2) is 4.68 Å². The van der Waals surface area contributed by atoms with Crippen molar-refractivity contribution in [3.05, 3.63) is 81.6 Å². The SMILES string of the molecule is CC1CN(c2ccc(C3N=Cc4c([nH]n(Cc5ccccc5)c4=O)N3)cc2)CCN1C. The standard InChI is InChI=1S/C24H28N6O/c1-17-15-29(13-12-28(17)2)20-10-8-19(9-11-20)22-25-14-21-23(26-22)27-30(24(21)31)16-18-6-4-3-5-7-18/h3-11,14,17,22,26-27H,12-13,15-16H2,1-2H3. The molecule has 7 nitrogen and oxygen atoms in total. The van der Waals surface area contributed by atoms with E-state index >= 15 is 0 Å². The molecule has 31 heavy (non-hydrogen) atoms. The topological polar surface area (TPSA) is 68.7 Å². The van der Waals surface area contributed by atoms with Crippen molar-refractivity contribution in [3.8, 4) is 0 Å². The van der Waals surface area contributed by atoms with Crippen LogP contribution in [0.4, 0.5) is 11.5 Å². The molecule has 2 N–H and O–H groups in total. The Kier molecular flexibility index (Phi) is 5.11. The van der Waals surface area contributed by atoms with Gasteiger partial charge in [0.1, 0.15) is 17.5 Å². The summed E-state index contributed by atoms with van der Waals surface area (Å²) < 4.78 is 1.62. The van der Waals surface area contributed by atoms with Crippen LogP contribution in [0.2, 0.25) is 0 Å². The van der Waals surface area contributed by atoms with E-state index in [9.17, 15) is 4.79 Å². The van der Waals surface area contributed by atoms with Crippen molar-refractivity contribution in [2.24, 2.45) is 4.99 Å². The second kappa shape index (κ2) is 8.07. The molecule has 1 fully saturated rings. The smallest absolute Gasteiger partial charge is 0.277 e. The molecule has 0 amide bonds. The van der Waals surface area contributed by atoms with Crippen LogP contribution in [0, 0.1) is 0 Å². The number of hydrogen-bond acceptors (Lipinski definition) is 5. The number of rotatable bonds is 4. The summed E-state index contributed by atoms with van der Waals surface area (Å²) in [4.78, 5) is 22.2. The Morgan fingerprint density at radius 1 is 1.06 bits per heavy atom. The van der Waals surface area contributed by atoms with Crippen molar-refractivity contribution in [2.45, 2.75) is 25.7 Å². The number of anilines is 2. The first-order chi connectivity index (χ1) is 15.1. The molecule has 1 aromatic heterocycles. The molecule has 0 saturated carbocycles. The molecule has 0 bridgehead atoms. The van der Waals surface area contributed by atoms with E-state index < -0.39 is 0 Å². The van der Waals surface area contributed by atoms with Crippen LogP contribution in [-0.4, -0.2) is 53.6 Å². The van der Waals surface area contributed by atoms with E-state index in [4.69, 9.17) is 0 Å². The first-order valence-electron chi connectivity index (χ1n) is 10.8. The number of aromatic amines is 1. The molecule has 1 saturated heterocycles. The zero-order valence-corrected chi connectivity index (χ0v) is 18.0. The Bertz CT molecular complexity index is 1130. The highest BCUT2D eigenvalue weighted by atomic mass is 16.1. The first-order valence-corrected chi connectivity index (χ1v) is 10.8. The van der Waals surface area contributed by atoms with Crippen molar-refractivity contribution in [2.75, 3.05) is 36.9 Å². The number of fused-ring (bicyclic) bond motifs is 1. The van der Waals surface area contributed by atoms with Crippen molar-refractivity contribution in [3.63, 3.8) is 0 Å². The Balaban J connectivity index is 1.31. The van der Waals surface area contributed by atoms with Crippen LogP contribution in [0.15, 0.2) is 64.4 Å². The fourth-order valence-electron chi connectivity index (χ4n) is 4.25. The van der Waals surface area contributed by atoms with E-state index in [0.29, 0.717) is 18.2 Å². The van der Waals surface area contributed by atoms with Crippen LogP contribution >= 0.6 is 0 Å². The van der Waals surface area contributed by atoms with Gasteiger partial charge in [0.15, 0.2) is 0 Å². The summed E-state index contributed by atoms with van der Waals surface area (Å²) in [5.74, 6) is 0.720. The monoisotopic (exact) mass is 416 g/mol. The third kappa shape index (κ3) is 3.88. The minimum absolute atomic E-state index is 0.0620. The fourth-order valence-corrected chi connectivity index (χ4v) is 4.25. The Labute approximate surface area is 182 Å². The molecule has 0 aliphatic carbocycles. The first kappa shape index (κ1) is 19.6. The lowest BCUT2D eigenvalue weighted by molar-refractivity contribution is 0.234. The summed E-state index contributed by atoms with van der Waals surface area (Å²) in [6, 6.07) is 19.1. The zero-order chi connectivity index (χ0) is 21.4. The predicted octanol–water partition coefficient (Wildman–Crippen LogP) is 2.91. The number of H-pyrrole nitrogens is 1. The van der Waals surface area contributed by atoms with Gasteiger partial charge in [-0.05, 0) is 37.2 Å². The van der Waals surface area contributed by atoms with E-state index in [-0.39, 0.29) is 11.7 Å². The molecular formula is C24H28N6O. The van der Waals surface area contributed by atoms with E-state index in [0.717, 1.165) is 36.6 Å². The van der Waals surface area contributed by atoms with Crippen molar-refractivity contribution in [1.29, 1.82) is 0 Å². The van der Waals surface area contributed by atoms with E-state index in [1.807, 2.05) is 30.3 Å². The number of likely N-dealkylation sites (N-methyl/N-ethyl adjacent to an activating group) is 1. The van der Waals surface area contributed by atoms with Gasteiger partial charge < -0.3 is 15.1 Å². The van der Waals surface area contributed by atoms with Gasteiger partial charge in [0, 0.05) is 37.6 Å². The van der Waals surface area contributed by atoms with Crippen LogP contribution < -0.4 is 15.8 Å². The summed E-state index contributed by atoms with van der Waals surface area (Å²) in [6.07, 6.45) is 1.48. The Morgan fingerprint density at radius 2 is 1.84 bits per heavy atom. The lowest BCUT2D eigenvalue weighted by Crippen LogP contribution is -2.50. The zero-order valence-electron chi connectivity index (χ0n) is 18.0. The maximum Gasteiger partial charge on any atom is 0.277 e. The fraction of sp³-hybridized carbons (Fsp3) is 0.333. The molecular weight excluding hydrogens is 388 g/mol. The molecule has 2 aliphatic heterocycles. The van der Waals surface area contributed by atoms with Crippen LogP contribution in [0.25, 0.3) is 0 Å². The Morgan fingerprint density at radius 3 is 2.58 bits per heavy atom. The highest BCUT2D eigenvalue weighted by molar-refractivity contribution is 5.88. The van der Waals surface area contributed by atoms with Crippen molar-refractivity contribution < 1.29 is 0 Å². The second-order valence-electron chi connectivity index (χ2n) is 8.47. The van der Waals surface area contributed by atoms with E-state index in [2.05, 4.69) is 63.4 Å². The molecule has 2 atom stereocenters. The molecule has 5 rings (SSSR count). The number of piperazine rings is 1. The minimum Gasteiger partial charge on any atom is -0.369 e. The summed E-state index contributed by atoms with van der Waals surface area (Å²) in [5.41, 5.74) is 3.91. The molecule has 3 heterocycles. The molecule has 2 aliphatic rings. The van der Waals surface area contributed by atoms with Gasteiger partial charge in [-0.15, -0.1) is 0 Å². The second-order valence-corrected chi connectivity index (χ2v) is 8.47. The van der Waals surface area contributed by atoms with Crippen molar-refractivity contribution >= 4 is 17.7 Å². The maximum absolute atomic E-state index is 12.7. The normalized spacial score (nSPS) is 21.0. The third-order valence-electron chi connectivity index (χ3n) is 6.34. The molecule has 2 unspecified atom stereocenters. The van der Waals surface area contributed by atoms with Gasteiger partial charge in [0.25, 0.3) is 5.56 Å². The summed E-state index contributed by atoms with van der Waals surface area (Å²) >= 11 is 0.